The maximum absolute atomic E-state index is 5.48. The molecule has 2 heterocycles. The molecule has 0 bridgehead atoms. The molecule has 0 amide bonds. The summed E-state index contributed by atoms with van der Waals surface area (Å²) in [6, 6.07) is 0. The van der Waals surface area contributed by atoms with Gasteiger partial charge in [0.2, 0.25) is 0 Å². The van der Waals surface area contributed by atoms with Gasteiger partial charge in [-0.3, -0.25) is 0 Å². The summed E-state index contributed by atoms with van der Waals surface area (Å²) < 4.78 is 0. The minimum atomic E-state index is 0.519. The molecule has 0 saturated carbocycles. The fourth-order valence-corrected chi connectivity index (χ4v) is 3.03. The van der Waals surface area contributed by atoms with Crippen LogP contribution < -0.4 is 5.73 Å². The lowest BCUT2D eigenvalue weighted by atomic mass is 10.2. The van der Waals surface area contributed by atoms with Crippen LogP contribution in [0.4, 0.5) is 0 Å². The van der Waals surface area contributed by atoms with E-state index in [0.717, 1.165) is 17.8 Å². The third-order valence-corrected chi connectivity index (χ3v) is 4.00. The van der Waals surface area contributed by atoms with Crippen molar-refractivity contribution in [3.05, 3.63) is 23.8 Å². The smallest absolute Gasteiger partial charge is 0.141 e. The molecule has 3 nitrogen and oxygen atoms in total. The standard InChI is InChI=1S/C11H17N3S/c12-5-4-9-7-13-11(14-8-9)10-3-1-2-6-15-10/h7-8,10H,1-6,12H2. The largest absolute Gasteiger partial charge is 0.330 e. The quantitative estimate of drug-likeness (QED) is 0.850. The van der Waals surface area contributed by atoms with Crippen LogP contribution in [0.25, 0.3) is 0 Å². The van der Waals surface area contributed by atoms with E-state index in [1.807, 2.05) is 24.2 Å². The predicted octanol–water partition coefficient (Wildman–Crippen LogP) is 1.94. The number of hydrogen-bond donors (Lipinski definition) is 1. The minimum Gasteiger partial charge on any atom is -0.330 e. The average Bonchev–Trinajstić information content (AvgIpc) is 2.32. The van der Waals surface area contributed by atoms with Crippen LogP contribution in [0.1, 0.15) is 35.9 Å². The molecule has 1 aromatic rings. The summed E-state index contributed by atoms with van der Waals surface area (Å²) in [5.41, 5.74) is 6.62. The van der Waals surface area contributed by atoms with E-state index < -0.39 is 0 Å². The van der Waals surface area contributed by atoms with Gasteiger partial charge in [-0.25, -0.2) is 9.97 Å². The van der Waals surface area contributed by atoms with Gasteiger partial charge in [-0.15, -0.1) is 0 Å². The molecule has 0 aliphatic carbocycles. The zero-order valence-corrected chi connectivity index (χ0v) is 9.67. The maximum atomic E-state index is 5.48. The molecular formula is C11H17N3S. The first-order valence-corrected chi connectivity index (χ1v) is 6.57. The Bertz CT molecular complexity index is 293. The topological polar surface area (TPSA) is 51.8 Å². The minimum absolute atomic E-state index is 0.519. The fraction of sp³-hybridized carbons (Fsp3) is 0.636. The molecule has 1 fully saturated rings. The Morgan fingerprint density at radius 3 is 2.73 bits per heavy atom. The monoisotopic (exact) mass is 223 g/mol. The van der Waals surface area contributed by atoms with Crippen molar-refractivity contribution >= 4 is 11.8 Å². The average molecular weight is 223 g/mol. The Labute approximate surface area is 94.9 Å². The van der Waals surface area contributed by atoms with Crippen LogP contribution in [-0.4, -0.2) is 22.3 Å². The van der Waals surface area contributed by atoms with Crippen LogP contribution in [0.5, 0.6) is 0 Å². The van der Waals surface area contributed by atoms with Gasteiger partial charge in [0.1, 0.15) is 5.82 Å². The molecule has 1 aliphatic heterocycles. The molecule has 0 radical (unpaired) electrons. The highest BCUT2D eigenvalue weighted by molar-refractivity contribution is 7.99. The molecule has 0 spiro atoms. The van der Waals surface area contributed by atoms with Crippen LogP contribution in [0, 0.1) is 0 Å². The molecule has 1 atom stereocenters. The third kappa shape index (κ3) is 2.92. The van der Waals surface area contributed by atoms with Crippen molar-refractivity contribution in [2.24, 2.45) is 5.73 Å². The van der Waals surface area contributed by atoms with Crippen LogP contribution in [0.2, 0.25) is 0 Å². The van der Waals surface area contributed by atoms with Crippen molar-refractivity contribution < 1.29 is 0 Å². The van der Waals surface area contributed by atoms with Crippen molar-refractivity contribution in [2.75, 3.05) is 12.3 Å². The molecule has 15 heavy (non-hydrogen) atoms. The number of nitrogens with zero attached hydrogens (tertiary/aromatic N) is 2. The zero-order valence-electron chi connectivity index (χ0n) is 8.85. The van der Waals surface area contributed by atoms with E-state index in [1.54, 1.807) is 0 Å². The zero-order chi connectivity index (χ0) is 10.5. The number of nitrogens with two attached hydrogens (primary N) is 1. The lowest BCUT2D eigenvalue weighted by molar-refractivity contribution is 0.660. The molecular weight excluding hydrogens is 206 g/mol. The first-order valence-electron chi connectivity index (χ1n) is 5.52. The van der Waals surface area contributed by atoms with Gasteiger partial charge in [0.15, 0.2) is 0 Å². The Morgan fingerprint density at radius 2 is 2.13 bits per heavy atom. The Hall–Kier alpha value is -0.610. The normalized spacial score (nSPS) is 21.5. The molecule has 82 valence electrons. The lowest BCUT2D eigenvalue weighted by Crippen LogP contribution is -2.08. The third-order valence-electron chi connectivity index (χ3n) is 2.63. The molecule has 4 heteroatoms. The molecule has 0 aromatic carbocycles. The Kier molecular flexibility index (Phi) is 3.97. The second-order valence-electron chi connectivity index (χ2n) is 3.84. The molecule has 1 aliphatic rings. The van der Waals surface area contributed by atoms with Crippen molar-refractivity contribution in [3.8, 4) is 0 Å². The molecule has 1 saturated heterocycles. The van der Waals surface area contributed by atoms with Crippen LogP contribution in [-0.2, 0) is 6.42 Å². The summed E-state index contributed by atoms with van der Waals surface area (Å²) in [5.74, 6) is 2.25. The van der Waals surface area contributed by atoms with Gasteiger partial charge in [0.05, 0.1) is 5.25 Å². The molecule has 2 rings (SSSR count). The van der Waals surface area contributed by atoms with Gasteiger partial charge >= 0.3 is 0 Å². The summed E-state index contributed by atoms with van der Waals surface area (Å²) in [6.45, 7) is 0.668. The lowest BCUT2D eigenvalue weighted by Gasteiger charge is -2.19. The van der Waals surface area contributed by atoms with E-state index in [-0.39, 0.29) is 0 Å². The van der Waals surface area contributed by atoms with Gasteiger partial charge in [0, 0.05) is 12.4 Å². The number of rotatable bonds is 3. The Balaban J connectivity index is 2.02. The second-order valence-corrected chi connectivity index (χ2v) is 5.15. The molecule has 1 aromatic heterocycles. The van der Waals surface area contributed by atoms with Crippen molar-refractivity contribution in [1.29, 1.82) is 0 Å². The highest BCUT2D eigenvalue weighted by Crippen LogP contribution is 2.36. The number of aromatic nitrogens is 2. The first-order chi connectivity index (χ1) is 7.40. The molecule has 2 N–H and O–H groups in total. The Morgan fingerprint density at radius 1 is 1.33 bits per heavy atom. The van der Waals surface area contributed by atoms with E-state index in [0.29, 0.717) is 11.8 Å². The van der Waals surface area contributed by atoms with Gasteiger partial charge in [-0.2, -0.15) is 11.8 Å². The van der Waals surface area contributed by atoms with E-state index in [2.05, 4.69) is 9.97 Å². The first kappa shape index (κ1) is 10.9. The van der Waals surface area contributed by atoms with Gasteiger partial charge in [0.25, 0.3) is 0 Å². The van der Waals surface area contributed by atoms with Crippen molar-refractivity contribution in [1.82, 2.24) is 9.97 Å². The van der Waals surface area contributed by atoms with Crippen LogP contribution >= 0.6 is 11.8 Å². The number of thioether (sulfide) groups is 1. The molecule has 1 unspecified atom stereocenters. The van der Waals surface area contributed by atoms with Crippen molar-refractivity contribution in [3.63, 3.8) is 0 Å². The summed E-state index contributed by atoms with van der Waals surface area (Å²) in [7, 11) is 0. The SMILES string of the molecule is NCCc1cnc(C2CCCCS2)nc1. The van der Waals surface area contributed by atoms with Crippen LogP contribution in [0.15, 0.2) is 12.4 Å². The summed E-state index contributed by atoms with van der Waals surface area (Å²) in [4.78, 5) is 8.87. The highest BCUT2D eigenvalue weighted by atomic mass is 32.2. The highest BCUT2D eigenvalue weighted by Gasteiger charge is 2.18. The maximum Gasteiger partial charge on any atom is 0.141 e. The van der Waals surface area contributed by atoms with Crippen LogP contribution in [0.3, 0.4) is 0 Å². The fourth-order valence-electron chi connectivity index (χ4n) is 1.77. The summed E-state index contributed by atoms with van der Waals surface area (Å²) in [5, 5.41) is 0.519. The van der Waals surface area contributed by atoms with Gasteiger partial charge in [-0.1, -0.05) is 6.42 Å². The van der Waals surface area contributed by atoms with E-state index in [9.17, 15) is 0 Å². The number of hydrogen-bond acceptors (Lipinski definition) is 4. The summed E-state index contributed by atoms with van der Waals surface area (Å²) >= 11 is 1.99. The van der Waals surface area contributed by atoms with E-state index in [1.165, 1.54) is 25.0 Å². The second kappa shape index (κ2) is 5.47. The van der Waals surface area contributed by atoms with Gasteiger partial charge < -0.3 is 5.73 Å². The summed E-state index contributed by atoms with van der Waals surface area (Å²) in [6.07, 6.45) is 8.59. The van der Waals surface area contributed by atoms with E-state index in [4.69, 9.17) is 5.73 Å². The van der Waals surface area contributed by atoms with E-state index >= 15 is 0 Å². The predicted molar refractivity (Wildman–Crippen MR) is 63.8 cm³/mol. The van der Waals surface area contributed by atoms with Crippen molar-refractivity contribution in [2.45, 2.75) is 30.9 Å². The van der Waals surface area contributed by atoms with Gasteiger partial charge in [-0.05, 0) is 37.1 Å².